The van der Waals surface area contributed by atoms with Crippen molar-refractivity contribution in [2.45, 2.75) is 69.9 Å². The quantitative estimate of drug-likeness (QED) is 0.757. The van der Waals surface area contributed by atoms with Crippen LogP contribution >= 0.6 is 0 Å². The molecule has 116 valence electrons. The van der Waals surface area contributed by atoms with Crippen molar-refractivity contribution in [3.8, 4) is 0 Å². The zero-order chi connectivity index (χ0) is 13.8. The van der Waals surface area contributed by atoms with Gasteiger partial charge in [0.1, 0.15) is 0 Å². The Morgan fingerprint density at radius 1 is 1.20 bits per heavy atom. The molecule has 0 bridgehead atoms. The molecule has 1 aliphatic heterocycles. The molecule has 0 aromatic rings. The minimum Gasteiger partial charge on any atom is -0.381 e. The summed E-state index contributed by atoms with van der Waals surface area (Å²) in [5.74, 6) is 0.901. The minimum absolute atomic E-state index is 0.444. The van der Waals surface area contributed by atoms with Crippen LogP contribution < -0.4 is 5.32 Å². The van der Waals surface area contributed by atoms with Gasteiger partial charge in [-0.05, 0) is 44.9 Å². The summed E-state index contributed by atoms with van der Waals surface area (Å²) in [5.41, 5.74) is 0.444. The molecule has 3 nitrogen and oxygen atoms in total. The highest BCUT2D eigenvalue weighted by Gasteiger charge is 2.38. The molecule has 1 heterocycles. The van der Waals surface area contributed by atoms with Crippen molar-refractivity contribution < 1.29 is 4.74 Å². The normalized spacial score (nSPS) is 30.8. The van der Waals surface area contributed by atoms with Gasteiger partial charge in [0, 0.05) is 44.4 Å². The van der Waals surface area contributed by atoms with E-state index in [0.29, 0.717) is 11.6 Å². The summed E-state index contributed by atoms with van der Waals surface area (Å²) in [6, 6.07) is 0.686. The highest BCUT2D eigenvalue weighted by Crippen LogP contribution is 2.32. The van der Waals surface area contributed by atoms with Crippen molar-refractivity contribution in [2.24, 2.45) is 5.92 Å². The van der Waals surface area contributed by atoms with Crippen molar-refractivity contribution in [2.75, 3.05) is 32.8 Å². The second kappa shape index (κ2) is 6.76. The minimum atomic E-state index is 0.444. The van der Waals surface area contributed by atoms with Crippen LogP contribution in [0.5, 0.6) is 0 Å². The smallest absolute Gasteiger partial charge is 0.0494 e. The SMILES string of the molecule is CC1CNC2(CCCCC2)CN1CCCOCC1CC1. The Morgan fingerprint density at radius 3 is 2.75 bits per heavy atom. The average molecular weight is 280 g/mol. The average Bonchev–Trinajstić information content (AvgIpc) is 3.28. The first-order valence-electron chi connectivity index (χ1n) is 8.84. The molecule has 1 saturated heterocycles. The summed E-state index contributed by atoms with van der Waals surface area (Å²) >= 11 is 0. The molecule has 2 saturated carbocycles. The molecule has 1 unspecified atom stereocenters. The maximum absolute atomic E-state index is 5.78. The number of rotatable bonds is 6. The number of piperazine rings is 1. The monoisotopic (exact) mass is 280 g/mol. The first kappa shape index (κ1) is 14.8. The highest BCUT2D eigenvalue weighted by atomic mass is 16.5. The Bertz CT molecular complexity index is 297. The van der Waals surface area contributed by atoms with E-state index in [9.17, 15) is 0 Å². The van der Waals surface area contributed by atoms with Crippen molar-refractivity contribution in [1.82, 2.24) is 10.2 Å². The number of nitrogens with one attached hydrogen (secondary N) is 1. The lowest BCUT2D eigenvalue weighted by atomic mass is 9.79. The van der Waals surface area contributed by atoms with E-state index in [-0.39, 0.29) is 0 Å². The Morgan fingerprint density at radius 2 is 2.00 bits per heavy atom. The molecule has 1 atom stereocenters. The third kappa shape index (κ3) is 3.96. The van der Waals surface area contributed by atoms with Gasteiger partial charge in [0.25, 0.3) is 0 Å². The molecular weight excluding hydrogens is 248 g/mol. The number of hydrogen-bond donors (Lipinski definition) is 1. The molecule has 3 heteroatoms. The van der Waals surface area contributed by atoms with E-state index < -0.39 is 0 Å². The van der Waals surface area contributed by atoms with Gasteiger partial charge in [-0.15, -0.1) is 0 Å². The number of hydrogen-bond acceptors (Lipinski definition) is 3. The van der Waals surface area contributed by atoms with Crippen LogP contribution in [0.25, 0.3) is 0 Å². The molecule has 2 aliphatic carbocycles. The zero-order valence-electron chi connectivity index (χ0n) is 13.2. The third-order valence-corrected chi connectivity index (χ3v) is 5.50. The predicted octanol–water partition coefficient (Wildman–Crippen LogP) is 2.80. The second-order valence-corrected chi connectivity index (χ2v) is 7.41. The maximum atomic E-state index is 5.78. The third-order valence-electron chi connectivity index (χ3n) is 5.50. The molecular formula is C17H32N2O. The van der Waals surface area contributed by atoms with E-state index in [0.717, 1.165) is 19.1 Å². The molecule has 1 spiro atoms. The van der Waals surface area contributed by atoms with E-state index >= 15 is 0 Å². The standard InChI is InChI=1S/C17H32N2O/c1-15-12-18-17(8-3-2-4-9-17)14-19(15)10-5-11-20-13-16-6-7-16/h15-16,18H,2-14H2,1H3. The van der Waals surface area contributed by atoms with Crippen molar-refractivity contribution in [3.63, 3.8) is 0 Å². The first-order chi connectivity index (χ1) is 9.77. The lowest BCUT2D eigenvalue weighted by Gasteiger charge is -2.49. The van der Waals surface area contributed by atoms with Crippen molar-refractivity contribution in [1.29, 1.82) is 0 Å². The highest BCUT2D eigenvalue weighted by molar-refractivity contribution is 4.98. The molecule has 20 heavy (non-hydrogen) atoms. The van der Waals surface area contributed by atoms with Crippen LogP contribution in [0.15, 0.2) is 0 Å². The van der Waals surface area contributed by atoms with Crippen LogP contribution in [0.1, 0.15) is 58.3 Å². The molecule has 0 radical (unpaired) electrons. The van der Waals surface area contributed by atoms with E-state index in [1.54, 1.807) is 0 Å². The van der Waals surface area contributed by atoms with E-state index in [1.807, 2.05) is 0 Å². The fourth-order valence-corrected chi connectivity index (χ4v) is 3.86. The first-order valence-corrected chi connectivity index (χ1v) is 8.84. The Kier molecular flexibility index (Phi) is 5.00. The fraction of sp³-hybridized carbons (Fsp3) is 1.00. The summed E-state index contributed by atoms with van der Waals surface area (Å²) in [7, 11) is 0. The van der Waals surface area contributed by atoms with Crippen LogP contribution in [-0.4, -0.2) is 49.3 Å². The van der Waals surface area contributed by atoms with E-state index in [1.165, 1.54) is 71.0 Å². The fourth-order valence-electron chi connectivity index (χ4n) is 3.86. The molecule has 0 amide bonds. The van der Waals surface area contributed by atoms with Gasteiger partial charge in [-0.1, -0.05) is 19.3 Å². The lowest BCUT2D eigenvalue weighted by molar-refractivity contribution is 0.0500. The molecule has 0 aromatic carbocycles. The van der Waals surface area contributed by atoms with Gasteiger partial charge in [0.2, 0.25) is 0 Å². The second-order valence-electron chi connectivity index (χ2n) is 7.41. The molecule has 1 N–H and O–H groups in total. The van der Waals surface area contributed by atoms with Crippen LogP contribution in [0, 0.1) is 5.92 Å². The summed E-state index contributed by atoms with van der Waals surface area (Å²) < 4.78 is 5.78. The van der Waals surface area contributed by atoms with Crippen LogP contribution in [0.4, 0.5) is 0 Å². The van der Waals surface area contributed by atoms with Gasteiger partial charge in [-0.25, -0.2) is 0 Å². The van der Waals surface area contributed by atoms with E-state index in [4.69, 9.17) is 4.74 Å². The molecule has 3 aliphatic rings. The van der Waals surface area contributed by atoms with Crippen molar-refractivity contribution in [3.05, 3.63) is 0 Å². The number of ether oxygens (including phenoxy) is 1. The van der Waals surface area contributed by atoms with Gasteiger partial charge in [0.15, 0.2) is 0 Å². The van der Waals surface area contributed by atoms with Crippen LogP contribution in [-0.2, 0) is 4.74 Å². The summed E-state index contributed by atoms with van der Waals surface area (Å²) in [6.07, 6.45) is 11.0. The van der Waals surface area contributed by atoms with Gasteiger partial charge in [-0.2, -0.15) is 0 Å². The largest absolute Gasteiger partial charge is 0.381 e. The summed E-state index contributed by atoms with van der Waals surface area (Å²) in [4.78, 5) is 2.71. The van der Waals surface area contributed by atoms with Gasteiger partial charge < -0.3 is 10.1 Å². The Balaban J connectivity index is 1.39. The molecule has 3 fully saturated rings. The van der Waals surface area contributed by atoms with Crippen LogP contribution in [0.3, 0.4) is 0 Å². The zero-order valence-corrected chi connectivity index (χ0v) is 13.2. The van der Waals surface area contributed by atoms with Crippen LogP contribution in [0.2, 0.25) is 0 Å². The van der Waals surface area contributed by atoms with Gasteiger partial charge >= 0.3 is 0 Å². The van der Waals surface area contributed by atoms with Gasteiger partial charge in [0.05, 0.1) is 0 Å². The Hall–Kier alpha value is -0.120. The predicted molar refractivity (Wildman–Crippen MR) is 83.0 cm³/mol. The van der Waals surface area contributed by atoms with E-state index in [2.05, 4.69) is 17.1 Å². The van der Waals surface area contributed by atoms with Crippen molar-refractivity contribution >= 4 is 0 Å². The number of nitrogens with zero attached hydrogens (tertiary/aromatic N) is 1. The lowest BCUT2D eigenvalue weighted by Crippen LogP contribution is -2.64. The molecule has 0 aromatic heterocycles. The Labute approximate surface area is 124 Å². The topological polar surface area (TPSA) is 24.5 Å². The maximum Gasteiger partial charge on any atom is 0.0494 e. The van der Waals surface area contributed by atoms with Gasteiger partial charge in [-0.3, -0.25) is 4.90 Å². The summed E-state index contributed by atoms with van der Waals surface area (Å²) in [5, 5.41) is 3.87. The molecule has 3 rings (SSSR count). The summed E-state index contributed by atoms with van der Waals surface area (Å²) in [6.45, 7) is 7.99.